The summed E-state index contributed by atoms with van der Waals surface area (Å²) in [6, 6.07) is 5.88. The minimum absolute atomic E-state index is 0.258. The maximum atomic E-state index is 8.55. The maximum absolute atomic E-state index is 8.55. The molecule has 1 aromatic carbocycles. The van der Waals surface area contributed by atoms with Gasteiger partial charge in [0.1, 0.15) is 5.75 Å². The van der Waals surface area contributed by atoms with Crippen LogP contribution in [0.4, 0.5) is 0 Å². The second-order valence-electron chi connectivity index (χ2n) is 2.49. The summed E-state index contributed by atoms with van der Waals surface area (Å²) in [5.41, 5.74) is 2.11. The molecule has 0 fully saturated rings. The summed E-state index contributed by atoms with van der Waals surface area (Å²) < 4.78 is 5.02. The van der Waals surface area contributed by atoms with Crippen LogP contribution in [0.3, 0.4) is 0 Å². The van der Waals surface area contributed by atoms with Crippen LogP contribution in [0.5, 0.6) is 5.75 Å². The van der Waals surface area contributed by atoms with Crippen LogP contribution in [0.1, 0.15) is 11.1 Å². The normalized spacial score (nSPS) is 9.36. The summed E-state index contributed by atoms with van der Waals surface area (Å²) >= 11 is 0. The van der Waals surface area contributed by atoms with E-state index in [1.165, 1.54) is 0 Å². The molecule has 0 amide bonds. The second kappa shape index (κ2) is 3.44. The van der Waals surface area contributed by atoms with Gasteiger partial charge in [0, 0.05) is 0 Å². The number of hydrogen-bond acceptors (Lipinski definition) is 2. The van der Waals surface area contributed by atoms with Crippen LogP contribution in [-0.4, -0.2) is 12.7 Å². The molecule has 0 atom stereocenters. The van der Waals surface area contributed by atoms with Gasteiger partial charge < -0.3 is 9.68 Å². The van der Waals surface area contributed by atoms with Crippen molar-refractivity contribution in [3.05, 3.63) is 29.3 Å². The molecule has 1 N–H and O–H groups in total. The van der Waals surface area contributed by atoms with Crippen LogP contribution in [0.15, 0.2) is 18.2 Å². The fraction of sp³-hybridized carbons (Fsp3) is 0.250. The van der Waals surface area contributed by atoms with Crippen LogP contribution in [0, 0.1) is 13.8 Å². The molecule has 0 saturated heterocycles. The molecule has 0 heterocycles. The van der Waals surface area contributed by atoms with Gasteiger partial charge in [-0.1, -0.05) is 18.2 Å². The first-order chi connectivity index (χ1) is 5.25. The van der Waals surface area contributed by atoms with Crippen molar-refractivity contribution in [2.45, 2.75) is 13.8 Å². The van der Waals surface area contributed by atoms with Crippen molar-refractivity contribution in [1.82, 2.24) is 0 Å². The first-order valence-electron chi connectivity index (χ1n) is 3.55. The highest BCUT2D eigenvalue weighted by atomic mass is 16.5. The van der Waals surface area contributed by atoms with Gasteiger partial charge >= 0.3 is 7.69 Å². The Hall–Kier alpha value is -0.955. The number of benzene rings is 1. The first kappa shape index (κ1) is 8.14. The van der Waals surface area contributed by atoms with Crippen LogP contribution in [-0.2, 0) is 0 Å². The summed E-state index contributed by atoms with van der Waals surface area (Å²) in [5.74, 6) is 0.787. The molecule has 0 aliphatic carbocycles. The van der Waals surface area contributed by atoms with Gasteiger partial charge in [-0.3, -0.25) is 0 Å². The van der Waals surface area contributed by atoms with Gasteiger partial charge in [0.2, 0.25) is 0 Å². The van der Waals surface area contributed by atoms with E-state index in [1.807, 2.05) is 32.0 Å². The van der Waals surface area contributed by atoms with Crippen LogP contribution in [0.25, 0.3) is 0 Å². The first-order valence-corrected chi connectivity index (χ1v) is 3.55. The van der Waals surface area contributed by atoms with Gasteiger partial charge in [-0.2, -0.15) is 0 Å². The predicted molar refractivity (Wildman–Crippen MR) is 45.9 cm³/mol. The SMILES string of the molecule is Cc1cccc(C)c1OBO. The van der Waals surface area contributed by atoms with E-state index >= 15 is 0 Å². The molecule has 0 unspecified atom stereocenters. The summed E-state index contributed by atoms with van der Waals surface area (Å²) in [7, 11) is -0.258. The molecule has 2 nitrogen and oxygen atoms in total. The van der Waals surface area contributed by atoms with Crippen molar-refractivity contribution in [3.63, 3.8) is 0 Å². The summed E-state index contributed by atoms with van der Waals surface area (Å²) in [6.45, 7) is 3.91. The molecule has 0 aliphatic rings. The van der Waals surface area contributed by atoms with E-state index in [4.69, 9.17) is 9.68 Å². The van der Waals surface area contributed by atoms with Crippen LogP contribution < -0.4 is 4.65 Å². The second-order valence-corrected chi connectivity index (χ2v) is 2.49. The Kier molecular flexibility index (Phi) is 2.55. The number of para-hydroxylation sites is 1. The summed E-state index contributed by atoms with van der Waals surface area (Å²) in [4.78, 5) is 0. The monoisotopic (exact) mass is 150 g/mol. The molecule has 58 valence electrons. The van der Waals surface area contributed by atoms with Crippen molar-refractivity contribution in [3.8, 4) is 5.75 Å². The highest BCUT2D eigenvalue weighted by Crippen LogP contribution is 2.21. The highest BCUT2D eigenvalue weighted by Gasteiger charge is 2.01. The maximum Gasteiger partial charge on any atom is 0.504 e. The Morgan fingerprint density at radius 2 is 1.82 bits per heavy atom. The fourth-order valence-electron chi connectivity index (χ4n) is 1.09. The zero-order valence-corrected chi connectivity index (χ0v) is 6.79. The zero-order chi connectivity index (χ0) is 8.27. The highest BCUT2D eigenvalue weighted by molar-refractivity contribution is 6.17. The molecule has 11 heavy (non-hydrogen) atoms. The van der Waals surface area contributed by atoms with E-state index in [1.54, 1.807) is 0 Å². The van der Waals surface area contributed by atoms with Gasteiger partial charge in [-0.25, -0.2) is 0 Å². The minimum Gasteiger partial charge on any atom is -0.538 e. The third-order valence-electron chi connectivity index (χ3n) is 1.62. The predicted octanol–water partition coefficient (Wildman–Crippen LogP) is 0.941. The van der Waals surface area contributed by atoms with Crippen molar-refractivity contribution in [1.29, 1.82) is 0 Å². The molecular formula is C8H11BO2. The van der Waals surface area contributed by atoms with Gasteiger partial charge in [-0.15, -0.1) is 0 Å². The van der Waals surface area contributed by atoms with Crippen LogP contribution >= 0.6 is 0 Å². The fourth-order valence-corrected chi connectivity index (χ4v) is 1.09. The van der Waals surface area contributed by atoms with Crippen molar-refractivity contribution >= 4 is 7.69 Å². The molecule has 1 aromatic rings. The molecule has 0 aromatic heterocycles. The molecule has 0 aliphatic heterocycles. The molecule has 0 saturated carbocycles. The van der Waals surface area contributed by atoms with Gasteiger partial charge in [0.05, 0.1) is 0 Å². The lowest BCUT2D eigenvalue weighted by Gasteiger charge is -2.08. The van der Waals surface area contributed by atoms with Crippen LogP contribution in [0.2, 0.25) is 0 Å². The summed E-state index contributed by atoms with van der Waals surface area (Å²) in [6.07, 6.45) is 0. The smallest absolute Gasteiger partial charge is 0.504 e. The average Bonchev–Trinajstić information content (AvgIpc) is 1.97. The molecule has 0 bridgehead atoms. The minimum atomic E-state index is -0.258. The molecule has 0 radical (unpaired) electrons. The Bertz CT molecular complexity index is 228. The Morgan fingerprint density at radius 3 is 2.27 bits per heavy atom. The Morgan fingerprint density at radius 1 is 1.27 bits per heavy atom. The molecular weight excluding hydrogens is 139 g/mol. The third-order valence-corrected chi connectivity index (χ3v) is 1.62. The van der Waals surface area contributed by atoms with Crippen molar-refractivity contribution in [2.75, 3.05) is 0 Å². The van der Waals surface area contributed by atoms with E-state index in [9.17, 15) is 0 Å². The largest absolute Gasteiger partial charge is 0.538 e. The molecule has 3 heteroatoms. The van der Waals surface area contributed by atoms with E-state index < -0.39 is 0 Å². The lowest BCUT2D eigenvalue weighted by Crippen LogP contribution is -2.02. The summed E-state index contributed by atoms with van der Waals surface area (Å²) in [5, 5.41) is 8.55. The lowest BCUT2D eigenvalue weighted by molar-refractivity contribution is 0.450. The van der Waals surface area contributed by atoms with E-state index in [2.05, 4.69) is 0 Å². The lowest BCUT2D eigenvalue weighted by atomic mass is 10.1. The van der Waals surface area contributed by atoms with E-state index in [0.29, 0.717) is 0 Å². The van der Waals surface area contributed by atoms with Gasteiger partial charge in [0.15, 0.2) is 0 Å². The van der Waals surface area contributed by atoms with Gasteiger partial charge in [0.25, 0.3) is 0 Å². The zero-order valence-electron chi connectivity index (χ0n) is 6.79. The number of rotatable bonds is 2. The van der Waals surface area contributed by atoms with Crippen molar-refractivity contribution in [2.24, 2.45) is 0 Å². The quantitative estimate of drug-likeness (QED) is 0.635. The Labute approximate surface area is 67.1 Å². The van der Waals surface area contributed by atoms with Gasteiger partial charge in [-0.05, 0) is 25.0 Å². The van der Waals surface area contributed by atoms with E-state index in [-0.39, 0.29) is 7.69 Å². The van der Waals surface area contributed by atoms with E-state index in [0.717, 1.165) is 16.9 Å². The van der Waals surface area contributed by atoms with Crippen molar-refractivity contribution < 1.29 is 9.68 Å². The number of hydrogen-bond donors (Lipinski definition) is 1. The third kappa shape index (κ3) is 1.74. The molecule has 1 rings (SSSR count). The Balaban J connectivity index is 3.00. The topological polar surface area (TPSA) is 29.5 Å². The standard InChI is InChI=1S/C8H11BO2/c1-6-4-3-5-7(2)8(6)11-9-10/h3-5,9-10H,1-2H3. The molecule has 0 spiro atoms. The number of aryl methyl sites for hydroxylation is 2. The average molecular weight is 150 g/mol.